The van der Waals surface area contributed by atoms with Gasteiger partial charge in [0, 0.05) is 24.0 Å². The number of nitrogens with zero attached hydrogens (tertiary/aromatic N) is 5. The number of fused-ring (bicyclic) bond motifs is 1. The zero-order valence-electron chi connectivity index (χ0n) is 13.7. The van der Waals surface area contributed by atoms with Crippen molar-refractivity contribution in [1.29, 1.82) is 0 Å². The predicted molar refractivity (Wildman–Crippen MR) is 83.8 cm³/mol. The molecule has 0 N–H and O–H groups in total. The molecule has 0 aliphatic carbocycles. The Morgan fingerprint density at radius 1 is 1.27 bits per heavy atom. The van der Waals surface area contributed by atoms with E-state index in [1.807, 2.05) is 24.8 Å². The van der Waals surface area contributed by atoms with E-state index in [0.717, 1.165) is 30.8 Å². The Morgan fingerprint density at radius 3 is 2.77 bits per heavy atom. The van der Waals surface area contributed by atoms with Gasteiger partial charge in [0.1, 0.15) is 0 Å². The van der Waals surface area contributed by atoms with Crippen molar-refractivity contribution in [2.24, 2.45) is 5.92 Å². The summed E-state index contributed by atoms with van der Waals surface area (Å²) in [4.78, 5) is 23.5. The van der Waals surface area contributed by atoms with Crippen LogP contribution in [0.4, 0.5) is 0 Å². The fraction of sp³-hybridized carbons (Fsp3) is 0.625. The minimum absolute atomic E-state index is 0.0686. The van der Waals surface area contributed by atoms with Gasteiger partial charge in [0.2, 0.25) is 5.82 Å². The Labute approximate surface area is 130 Å². The summed E-state index contributed by atoms with van der Waals surface area (Å²) in [6.07, 6.45) is 3.30. The highest BCUT2D eigenvalue weighted by Crippen LogP contribution is 2.24. The summed E-state index contributed by atoms with van der Waals surface area (Å²) in [5, 5.41) is 4.37. The van der Waals surface area contributed by atoms with Crippen LogP contribution in [0, 0.1) is 19.8 Å². The lowest BCUT2D eigenvalue weighted by Gasteiger charge is -2.37. The molecule has 1 atom stereocenters. The molecule has 0 aromatic carbocycles. The highest BCUT2D eigenvalue weighted by Gasteiger charge is 2.31. The number of aromatic nitrogens is 4. The number of carbonyl (C=O) groups is 1. The molecule has 0 radical (unpaired) electrons. The third-order valence-electron chi connectivity index (χ3n) is 4.39. The summed E-state index contributed by atoms with van der Waals surface area (Å²) in [7, 11) is 0. The summed E-state index contributed by atoms with van der Waals surface area (Å²) < 4.78 is 1.65. The molecule has 3 rings (SSSR count). The molecule has 1 aliphatic heterocycles. The van der Waals surface area contributed by atoms with Crippen molar-refractivity contribution in [3.63, 3.8) is 0 Å². The van der Waals surface area contributed by atoms with Gasteiger partial charge in [-0.3, -0.25) is 4.79 Å². The minimum atomic E-state index is -0.0686. The van der Waals surface area contributed by atoms with Crippen LogP contribution in [0.1, 0.15) is 55.1 Å². The highest BCUT2D eigenvalue weighted by atomic mass is 16.2. The lowest BCUT2D eigenvalue weighted by molar-refractivity contribution is 0.0531. The number of carbonyl (C=O) groups excluding carboxylic acids is 1. The van der Waals surface area contributed by atoms with Crippen LogP contribution in [-0.4, -0.2) is 43.0 Å². The Bertz CT molecular complexity index is 706. The van der Waals surface area contributed by atoms with Crippen LogP contribution in [-0.2, 0) is 0 Å². The van der Waals surface area contributed by atoms with Crippen LogP contribution >= 0.6 is 0 Å². The van der Waals surface area contributed by atoms with Crippen molar-refractivity contribution in [1.82, 2.24) is 24.5 Å². The van der Waals surface area contributed by atoms with E-state index in [9.17, 15) is 4.79 Å². The maximum atomic E-state index is 12.8. The van der Waals surface area contributed by atoms with Gasteiger partial charge in [0.05, 0.1) is 0 Å². The number of piperidine rings is 1. The van der Waals surface area contributed by atoms with Crippen molar-refractivity contribution in [2.75, 3.05) is 6.54 Å². The summed E-state index contributed by atoms with van der Waals surface area (Å²) in [6, 6.07) is 2.22. The fourth-order valence-corrected chi connectivity index (χ4v) is 3.29. The van der Waals surface area contributed by atoms with E-state index in [-0.39, 0.29) is 17.8 Å². The second-order valence-electron chi connectivity index (χ2n) is 6.49. The van der Waals surface area contributed by atoms with Crippen molar-refractivity contribution < 1.29 is 4.79 Å². The molecule has 2 aromatic heterocycles. The molecular formula is C16H23N5O. The van der Waals surface area contributed by atoms with Gasteiger partial charge in [-0.05, 0) is 45.1 Å². The molecule has 6 heteroatoms. The molecule has 3 heterocycles. The van der Waals surface area contributed by atoms with Crippen LogP contribution in [0.25, 0.3) is 5.78 Å². The summed E-state index contributed by atoms with van der Waals surface area (Å²) in [5.74, 6) is 1.14. The molecule has 22 heavy (non-hydrogen) atoms. The number of hydrogen-bond acceptors (Lipinski definition) is 4. The Kier molecular flexibility index (Phi) is 3.85. The maximum Gasteiger partial charge on any atom is 0.293 e. The van der Waals surface area contributed by atoms with Crippen molar-refractivity contribution in [3.8, 4) is 0 Å². The van der Waals surface area contributed by atoms with Crippen molar-refractivity contribution in [2.45, 2.75) is 53.0 Å². The normalized spacial score (nSPS) is 19.1. The first-order chi connectivity index (χ1) is 10.5. The Morgan fingerprint density at radius 2 is 2.05 bits per heavy atom. The average molecular weight is 301 g/mol. The molecule has 6 nitrogen and oxygen atoms in total. The number of rotatable bonds is 2. The minimum Gasteiger partial charge on any atom is -0.333 e. The molecule has 118 valence electrons. The molecular weight excluding hydrogens is 278 g/mol. The zero-order chi connectivity index (χ0) is 15.9. The largest absolute Gasteiger partial charge is 0.333 e. The Balaban J connectivity index is 1.96. The van der Waals surface area contributed by atoms with E-state index in [1.165, 1.54) is 6.42 Å². The molecule has 2 aromatic rings. The third-order valence-corrected chi connectivity index (χ3v) is 4.39. The van der Waals surface area contributed by atoms with E-state index in [2.05, 4.69) is 28.9 Å². The smallest absolute Gasteiger partial charge is 0.293 e. The van der Waals surface area contributed by atoms with E-state index in [0.29, 0.717) is 11.7 Å². The van der Waals surface area contributed by atoms with E-state index >= 15 is 0 Å². The number of likely N-dealkylation sites (tertiary alicyclic amines) is 1. The third kappa shape index (κ3) is 2.58. The summed E-state index contributed by atoms with van der Waals surface area (Å²) in [6.45, 7) is 9.00. The Hall–Kier alpha value is -1.98. The van der Waals surface area contributed by atoms with Crippen LogP contribution < -0.4 is 0 Å². The first-order valence-electron chi connectivity index (χ1n) is 7.99. The number of amides is 1. The van der Waals surface area contributed by atoms with Crippen LogP contribution in [0.15, 0.2) is 6.07 Å². The van der Waals surface area contributed by atoms with Gasteiger partial charge in [-0.2, -0.15) is 4.98 Å². The van der Waals surface area contributed by atoms with E-state index < -0.39 is 0 Å². The monoisotopic (exact) mass is 301 g/mol. The number of hydrogen-bond donors (Lipinski definition) is 0. The van der Waals surface area contributed by atoms with E-state index in [4.69, 9.17) is 0 Å². The van der Waals surface area contributed by atoms with E-state index in [1.54, 1.807) is 4.52 Å². The van der Waals surface area contributed by atoms with Gasteiger partial charge in [-0.15, -0.1) is 5.10 Å². The van der Waals surface area contributed by atoms with Gasteiger partial charge >= 0.3 is 0 Å². The molecule has 1 saturated heterocycles. The molecule has 0 bridgehead atoms. The lowest BCUT2D eigenvalue weighted by atomic mass is 9.92. The second-order valence-corrected chi connectivity index (χ2v) is 6.49. The molecule has 1 aliphatic rings. The van der Waals surface area contributed by atoms with Gasteiger partial charge in [-0.1, -0.05) is 13.8 Å². The predicted octanol–water partition coefficient (Wildman–Crippen LogP) is 2.39. The summed E-state index contributed by atoms with van der Waals surface area (Å²) >= 11 is 0. The van der Waals surface area contributed by atoms with Gasteiger partial charge < -0.3 is 4.90 Å². The summed E-state index contributed by atoms with van der Waals surface area (Å²) in [5.41, 5.74) is 1.82. The second kappa shape index (κ2) is 5.66. The molecule has 0 saturated carbocycles. The standard InChI is InChI=1S/C16H23N5O/c1-10(2)13-7-5-6-8-20(13)15(22)14-18-16-17-11(3)9-12(4)21(16)19-14/h9-10,13H,5-8H2,1-4H3. The SMILES string of the molecule is Cc1cc(C)n2nc(C(=O)N3CCCCC3C(C)C)nc2n1. The molecule has 1 amide bonds. The zero-order valence-corrected chi connectivity index (χ0v) is 13.7. The first kappa shape index (κ1) is 14.9. The average Bonchev–Trinajstić information content (AvgIpc) is 2.90. The molecule has 0 spiro atoms. The van der Waals surface area contributed by atoms with Gasteiger partial charge in [-0.25, -0.2) is 9.50 Å². The molecule has 1 fully saturated rings. The van der Waals surface area contributed by atoms with Crippen molar-refractivity contribution >= 4 is 11.7 Å². The van der Waals surface area contributed by atoms with Crippen molar-refractivity contribution in [3.05, 3.63) is 23.3 Å². The maximum absolute atomic E-state index is 12.8. The fourth-order valence-electron chi connectivity index (χ4n) is 3.29. The van der Waals surface area contributed by atoms with Gasteiger partial charge in [0.15, 0.2) is 0 Å². The highest BCUT2D eigenvalue weighted by molar-refractivity contribution is 5.91. The lowest BCUT2D eigenvalue weighted by Crippen LogP contribution is -2.46. The first-order valence-corrected chi connectivity index (χ1v) is 7.99. The van der Waals surface area contributed by atoms with Gasteiger partial charge in [0.25, 0.3) is 11.7 Å². The quantitative estimate of drug-likeness (QED) is 0.854. The number of aryl methyl sites for hydroxylation is 2. The van der Waals surface area contributed by atoms with Crippen LogP contribution in [0.3, 0.4) is 0 Å². The van der Waals surface area contributed by atoms with Crippen LogP contribution in [0.2, 0.25) is 0 Å². The topological polar surface area (TPSA) is 63.4 Å². The molecule has 1 unspecified atom stereocenters. The van der Waals surface area contributed by atoms with Crippen LogP contribution in [0.5, 0.6) is 0 Å².